The average Bonchev–Trinajstić information content (AvgIpc) is 3.18. The number of hydrogen-bond acceptors (Lipinski definition) is 5. The van der Waals surface area contributed by atoms with Crippen LogP contribution in [-0.4, -0.2) is 59.8 Å². The number of rotatable bonds is 5. The van der Waals surface area contributed by atoms with Crippen LogP contribution in [0.1, 0.15) is 11.8 Å². The summed E-state index contributed by atoms with van der Waals surface area (Å²) in [7, 11) is -3.04. The molecule has 6 nitrogen and oxygen atoms in total. The van der Waals surface area contributed by atoms with Crippen LogP contribution >= 0.6 is 11.3 Å². The number of nitrogens with zero attached hydrogens (tertiary/aromatic N) is 3. The minimum Gasteiger partial charge on any atom is -0.296 e. The monoisotopic (exact) mass is 340 g/mol. The summed E-state index contributed by atoms with van der Waals surface area (Å²) in [4.78, 5) is 4.78. The van der Waals surface area contributed by atoms with Crippen molar-refractivity contribution in [3.63, 3.8) is 0 Å². The van der Waals surface area contributed by atoms with Gasteiger partial charge >= 0.3 is 0 Å². The van der Waals surface area contributed by atoms with E-state index in [0.29, 0.717) is 13.1 Å². The van der Waals surface area contributed by atoms with E-state index in [1.807, 2.05) is 6.07 Å². The van der Waals surface area contributed by atoms with E-state index >= 15 is 0 Å². The van der Waals surface area contributed by atoms with Gasteiger partial charge in [-0.3, -0.25) is 10.00 Å². The summed E-state index contributed by atoms with van der Waals surface area (Å²) in [5.74, 6) is 0.186. The maximum absolute atomic E-state index is 11.9. The summed E-state index contributed by atoms with van der Waals surface area (Å²) in [6.45, 7) is 5.33. The summed E-state index contributed by atoms with van der Waals surface area (Å²) >= 11 is 1.75. The number of thiophene rings is 1. The van der Waals surface area contributed by atoms with Gasteiger partial charge in [0.15, 0.2) is 0 Å². The molecule has 8 heteroatoms. The molecule has 0 amide bonds. The van der Waals surface area contributed by atoms with Gasteiger partial charge in [0, 0.05) is 43.8 Å². The molecule has 0 spiro atoms. The lowest BCUT2D eigenvalue weighted by atomic mass is 10.3. The summed E-state index contributed by atoms with van der Waals surface area (Å²) in [6, 6.07) is 6.20. The van der Waals surface area contributed by atoms with Crippen molar-refractivity contribution < 1.29 is 8.42 Å². The Morgan fingerprint density at radius 1 is 1.23 bits per heavy atom. The van der Waals surface area contributed by atoms with Crippen molar-refractivity contribution in [2.24, 2.45) is 0 Å². The zero-order valence-electron chi connectivity index (χ0n) is 12.5. The highest BCUT2D eigenvalue weighted by Gasteiger charge is 2.25. The Hall–Kier alpha value is -1.22. The van der Waals surface area contributed by atoms with Gasteiger partial charge in [-0.25, -0.2) is 8.42 Å². The largest absolute Gasteiger partial charge is 0.296 e. The molecule has 0 aromatic carbocycles. The van der Waals surface area contributed by atoms with Crippen LogP contribution in [0.15, 0.2) is 24.4 Å². The molecule has 0 saturated carbocycles. The van der Waals surface area contributed by atoms with Crippen LogP contribution < -0.4 is 0 Å². The number of piperazine rings is 1. The van der Waals surface area contributed by atoms with E-state index in [-0.39, 0.29) is 5.75 Å². The fourth-order valence-electron chi connectivity index (χ4n) is 2.57. The highest BCUT2D eigenvalue weighted by atomic mass is 32.2. The van der Waals surface area contributed by atoms with Crippen LogP contribution in [0.2, 0.25) is 0 Å². The first kappa shape index (κ1) is 15.7. The van der Waals surface area contributed by atoms with Gasteiger partial charge in [0.2, 0.25) is 10.0 Å². The Kier molecular flexibility index (Phi) is 4.62. The quantitative estimate of drug-likeness (QED) is 0.898. The van der Waals surface area contributed by atoms with Gasteiger partial charge in [0.05, 0.1) is 16.3 Å². The first-order valence-electron chi connectivity index (χ1n) is 7.37. The maximum atomic E-state index is 11.9. The van der Waals surface area contributed by atoms with Crippen molar-refractivity contribution in [2.75, 3.05) is 31.9 Å². The van der Waals surface area contributed by atoms with Crippen molar-refractivity contribution >= 4 is 21.4 Å². The van der Waals surface area contributed by atoms with Crippen LogP contribution in [0.3, 0.4) is 0 Å². The number of H-pyrrole nitrogens is 1. The molecule has 1 aliphatic rings. The van der Waals surface area contributed by atoms with Gasteiger partial charge in [0.25, 0.3) is 0 Å². The van der Waals surface area contributed by atoms with Crippen LogP contribution in [0.25, 0.3) is 10.6 Å². The lowest BCUT2D eigenvalue weighted by molar-refractivity contribution is 0.183. The number of hydrogen-bond donors (Lipinski definition) is 1. The van der Waals surface area contributed by atoms with Gasteiger partial charge < -0.3 is 0 Å². The molecule has 120 valence electrons. The first-order valence-corrected chi connectivity index (χ1v) is 9.79. The third-order valence-corrected chi connectivity index (χ3v) is 6.88. The Bertz CT molecular complexity index is 701. The molecule has 22 heavy (non-hydrogen) atoms. The molecule has 0 atom stereocenters. The zero-order valence-corrected chi connectivity index (χ0v) is 14.2. The molecule has 3 rings (SSSR count). The summed E-state index contributed by atoms with van der Waals surface area (Å²) in [5.41, 5.74) is 1.04. The van der Waals surface area contributed by atoms with E-state index < -0.39 is 10.0 Å². The second-order valence-electron chi connectivity index (χ2n) is 5.31. The Morgan fingerprint density at radius 3 is 2.64 bits per heavy atom. The van der Waals surface area contributed by atoms with E-state index in [1.54, 1.807) is 28.8 Å². The normalized spacial score (nSPS) is 17.9. The highest BCUT2D eigenvalue weighted by Crippen LogP contribution is 2.27. The van der Waals surface area contributed by atoms with Crippen molar-refractivity contribution in [3.8, 4) is 10.6 Å². The first-order chi connectivity index (χ1) is 10.6. The molecule has 2 aromatic heterocycles. The van der Waals surface area contributed by atoms with Gasteiger partial charge in [-0.15, -0.1) is 11.3 Å². The molecular weight excluding hydrogens is 320 g/mol. The van der Waals surface area contributed by atoms with Gasteiger partial charge in [-0.1, -0.05) is 0 Å². The highest BCUT2D eigenvalue weighted by molar-refractivity contribution is 7.89. The number of nitrogens with one attached hydrogen (secondary N) is 1. The minimum absolute atomic E-state index is 0.186. The van der Waals surface area contributed by atoms with Gasteiger partial charge in [-0.05, 0) is 25.1 Å². The predicted molar refractivity (Wildman–Crippen MR) is 88.2 cm³/mol. The summed E-state index contributed by atoms with van der Waals surface area (Å²) < 4.78 is 25.3. The van der Waals surface area contributed by atoms with Gasteiger partial charge in [0.1, 0.15) is 0 Å². The van der Waals surface area contributed by atoms with Crippen LogP contribution in [0, 0.1) is 0 Å². The molecule has 1 saturated heterocycles. The zero-order chi connectivity index (χ0) is 15.6. The number of sulfonamides is 1. The molecule has 0 bridgehead atoms. The number of aromatic nitrogens is 2. The Labute approximate surface area is 134 Å². The lowest BCUT2D eigenvalue weighted by Crippen LogP contribution is -2.48. The molecular formula is C14H20N4O2S2. The Morgan fingerprint density at radius 2 is 2.00 bits per heavy atom. The maximum Gasteiger partial charge on any atom is 0.213 e. The molecule has 2 aromatic rings. The van der Waals surface area contributed by atoms with Crippen molar-refractivity contribution in [1.29, 1.82) is 0 Å². The van der Waals surface area contributed by atoms with E-state index in [4.69, 9.17) is 0 Å². The van der Waals surface area contributed by atoms with Crippen LogP contribution in [0.5, 0.6) is 0 Å². The lowest BCUT2D eigenvalue weighted by Gasteiger charge is -2.33. The smallest absolute Gasteiger partial charge is 0.213 e. The van der Waals surface area contributed by atoms with E-state index in [0.717, 1.165) is 25.3 Å². The van der Waals surface area contributed by atoms with E-state index in [9.17, 15) is 8.42 Å². The predicted octanol–water partition coefficient (Wildman–Crippen LogP) is 1.61. The SMILES string of the molecule is CCS(=O)(=O)N1CCN(Cc2ccc(-c3ccn[nH]3)s2)CC1. The fraction of sp³-hybridized carbons (Fsp3) is 0.500. The Balaban J connectivity index is 1.57. The molecule has 3 heterocycles. The van der Waals surface area contributed by atoms with Crippen LogP contribution in [0.4, 0.5) is 0 Å². The molecule has 1 fully saturated rings. The second-order valence-corrected chi connectivity index (χ2v) is 8.74. The molecule has 1 aliphatic heterocycles. The molecule has 0 unspecified atom stereocenters. The molecule has 0 aliphatic carbocycles. The number of aromatic amines is 1. The van der Waals surface area contributed by atoms with Gasteiger partial charge in [-0.2, -0.15) is 9.40 Å². The third-order valence-electron chi connectivity index (χ3n) is 3.90. The van der Waals surface area contributed by atoms with Crippen molar-refractivity contribution in [2.45, 2.75) is 13.5 Å². The summed E-state index contributed by atoms with van der Waals surface area (Å²) in [5, 5.41) is 6.94. The summed E-state index contributed by atoms with van der Waals surface area (Å²) in [6.07, 6.45) is 1.75. The van der Waals surface area contributed by atoms with E-state index in [2.05, 4.69) is 27.2 Å². The fourth-order valence-corrected chi connectivity index (χ4v) is 4.68. The third kappa shape index (κ3) is 3.40. The van der Waals surface area contributed by atoms with E-state index in [1.165, 1.54) is 9.75 Å². The standard InChI is InChI=1S/C14H20N4O2S2/c1-2-22(19,20)18-9-7-17(8-10-18)11-12-3-4-14(21-12)13-5-6-15-16-13/h3-6H,2,7-11H2,1H3,(H,15,16). The van der Waals surface area contributed by atoms with Crippen molar-refractivity contribution in [1.82, 2.24) is 19.4 Å². The molecule has 1 N–H and O–H groups in total. The minimum atomic E-state index is -3.04. The second kappa shape index (κ2) is 6.49. The van der Waals surface area contributed by atoms with Crippen LogP contribution in [-0.2, 0) is 16.6 Å². The average molecular weight is 340 g/mol. The topological polar surface area (TPSA) is 69.3 Å². The van der Waals surface area contributed by atoms with Crippen molar-refractivity contribution in [3.05, 3.63) is 29.3 Å². The molecule has 0 radical (unpaired) electrons.